The van der Waals surface area contributed by atoms with E-state index in [4.69, 9.17) is 9.15 Å². The van der Waals surface area contributed by atoms with Gasteiger partial charge in [0.2, 0.25) is 0 Å². The van der Waals surface area contributed by atoms with Gasteiger partial charge < -0.3 is 9.15 Å². The maximum atomic E-state index is 11.2. The first kappa shape index (κ1) is 12.7. The first-order valence-electron chi connectivity index (χ1n) is 7.63. The van der Waals surface area contributed by atoms with Crippen LogP contribution < -0.4 is 10.4 Å². The molecule has 0 spiro atoms. The molecule has 1 fully saturated rings. The molecule has 2 aromatic rings. The Morgan fingerprint density at radius 2 is 2.05 bits per heavy atom. The summed E-state index contributed by atoms with van der Waals surface area (Å²) in [6, 6.07) is 8.87. The van der Waals surface area contributed by atoms with E-state index in [0.717, 1.165) is 41.9 Å². The van der Waals surface area contributed by atoms with Gasteiger partial charge in [0.15, 0.2) is 0 Å². The fourth-order valence-electron chi connectivity index (χ4n) is 3.69. The van der Waals surface area contributed by atoms with E-state index in [9.17, 15) is 4.79 Å². The zero-order valence-electron chi connectivity index (χ0n) is 11.8. The molecule has 3 nitrogen and oxygen atoms in total. The van der Waals surface area contributed by atoms with Crippen molar-refractivity contribution in [3.63, 3.8) is 0 Å². The van der Waals surface area contributed by atoms with E-state index in [1.165, 1.54) is 18.9 Å². The molecule has 3 unspecified atom stereocenters. The van der Waals surface area contributed by atoms with Gasteiger partial charge in [0.05, 0.1) is 6.61 Å². The van der Waals surface area contributed by atoms with Crippen LogP contribution in [0.2, 0.25) is 0 Å². The van der Waals surface area contributed by atoms with Crippen LogP contribution in [-0.4, -0.2) is 6.61 Å². The summed E-state index contributed by atoms with van der Waals surface area (Å²) in [5.74, 6) is 3.14. The Morgan fingerprint density at radius 3 is 2.86 bits per heavy atom. The zero-order valence-corrected chi connectivity index (χ0v) is 11.8. The molecule has 0 saturated heterocycles. The Kier molecular flexibility index (Phi) is 3.06. The van der Waals surface area contributed by atoms with E-state index in [1.54, 1.807) is 12.1 Å². The minimum absolute atomic E-state index is 0.326. The number of rotatable bonds is 4. The standard InChI is InChI=1S/C18H18O3/c19-18-6-4-13-3-5-16(11-17(13)21-18)20-8-7-15-10-12-1-2-14(15)9-12/h1-6,11-12,14-15H,7-10H2. The van der Waals surface area contributed by atoms with Gasteiger partial charge in [0.1, 0.15) is 11.3 Å². The van der Waals surface area contributed by atoms with E-state index in [-0.39, 0.29) is 5.63 Å². The van der Waals surface area contributed by atoms with E-state index < -0.39 is 0 Å². The van der Waals surface area contributed by atoms with Gasteiger partial charge in [0, 0.05) is 17.5 Å². The van der Waals surface area contributed by atoms with Crippen LogP contribution in [0.15, 0.2) is 51.7 Å². The highest BCUT2D eigenvalue weighted by atomic mass is 16.5. The first-order valence-corrected chi connectivity index (χ1v) is 7.63. The van der Waals surface area contributed by atoms with Crippen molar-refractivity contribution in [2.24, 2.45) is 17.8 Å². The third-order valence-electron chi connectivity index (χ3n) is 4.77. The normalized spacial score (nSPS) is 26.6. The van der Waals surface area contributed by atoms with Crippen LogP contribution >= 0.6 is 0 Å². The number of fused-ring (bicyclic) bond motifs is 3. The highest BCUT2D eigenvalue weighted by Crippen LogP contribution is 2.44. The lowest BCUT2D eigenvalue weighted by molar-refractivity contribution is 0.263. The van der Waals surface area contributed by atoms with Gasteiger partial charge in [-0.05, 0) is 55.2 Å². The molecule has 4 rings (SSSR count). The van der Waals surface area contributed by atoms with Gasteiger partial charge >= 0.3 is 5.63 Å². The predicted octanol–water partition coefficient (Wildman–Crippen LogP) is 3.77. The number of hydrogen-bond donors (Lipinski definition) is 0. The summed E-state index contributed by atoms with van der Waals surface area (Å²) in [5, 5.41) is 0.917. The zero-order chi connectivity index (χ0) is 14.2. The molecule has 1 saturated carbocycles. The summed E-state index contributed by atoms with van der Waals surface area (Å²) in [5.41, 5.74) is 0.260. The molecular formula is C18H18O3. The van der Waals surface area contributed by atoms with E-state index in [0.29, 0.717) is 5.58 Å². The summed E-state index contributed by atoms with van der Waals surface area (Å²) < 4.78 is 11.0. The molecule has 0 radical (unpaired) electrons. The second-order valence-electron chi connectivity index (χ2n) is 6.13. The van der Waals surface area contributed by atoms with Crippen molar-refractivity contribution < 1.29 is 9.15 Å². The van der Waals surface area contributed by atoms with Crippen molar-refractivity contribution in [3.8, 4) is 5.75 Å². The van der Waals surface area contributed by atoms with E-state index in [2.05, 4.69) is 12.2 Å². The average molecular weight is 282 g/mol. The number of allylic oxidation sites excluding steroid dienone is 2. The van der Waals surface area contributed by atoms with E-state index >= 15 is 0 Å². The third-order valence-corrected chi connectivity index (χ3v) is 4.77. The van der Waals surface area contributed by atoms with Crippen molar-refractivity contribution in [1.82, 2.24) is 0 Å². The largest absolute Gasteiger partial charge is 0.493 e. The molecule has 1 heterocycles. The van der Waals surface area contributed by atoms with Gasteiger partial charge in [0.25, 0.3) is 0 Å². The quantitative estimate of drug-likeness (QED) is 0.633. The highest BCUT2D eigenvalue weighted by Gasteiger charge is 2.35. The molecule has 1 aromatic carbocycles. The fraction of sp³-hybridized carbons (Fsp3) is 0.389. The molecule has 3 heteroatoms. The van der Waals surface area contributed by atoms with Gasteiger partial charge in [-0.15, -0.1) is 0 Å². The van der Waals surface area contributed by atoms with Crippen LogP contribution in [0.25, 0.3) is 11.0 Å². The molecule has 0 amide bonds. The topological polar surface area (TPSA) is 39.4 Å². The number of ether oxygens (including phenoxy) is 1. The number of benzene rings is 1. The van der Waals surface area contributed by atoms with Crippen LogP contribution in [0.4, 0.5) is 0 Å². The van der Waals surface area contributed by atoms with Crippen LogP contribution in [0, 0.1) is 17.8 Å². The second-order valence-corrected chi connectivity index (χ2v) is 6.13. The van der Waals surface area contributed by atoms with Gasteiger partial charge in [-0.2, -0.15) is 0 Å². The SMILES string of the molecule is O=c1ccc2ccc(OCCC3CC4C=CC3C4)cc2o1. The van der Waals surface area contributed by atoms with Crippen molar-refractivity contribution >= 4 is 11.0 Å². The first-order chi connectivity index (χ1) is 10.3. The molecule has 0 N–H and O–H groups in total. The van der Waals surface area contributed by atoms with E-state index in [1.807, 2.05) is 12.1 Å². The summed E-state index contributed by atoms with van der Waals surface area (Å²) in [6.07, 6.45) is 8.50. The smallest absolute Gasteiger partial charge is 0.336 e. The number of hydrogen-bond acceptors (Lipinski definition) is 3. The Hall–Kier alpha value is -2.03. The Bertz CT molecular complexity index is 743. The molecule has 108 valence electrons. The maximum Gasteiger partial charge on any atom is 0.336 e. The lowest BCUT2D eigenvalue weighted by Gasteiger charge is -2.18. The minimum Gasteiger partial charge on any atom is -0.493 e. The lowest BCUT2D eigenvalue weighted by atomic mass is 9.91. The summed E-state index contributed by atoms with van der Waals surface area (Å²) in [6.45, 7) is 0.726. The Labute approximate surface area is 123 Å². The Morgan fingerprint density at radius 1 is 1.14 bits per heavy atom. The van der Waals surface area contributed by atoms with Gasteiger partial charge in [-0.25, -0.2) is 4.79 Å². The molecule has 1 aromatic heterocycles. The second kappa shape index (κ2) is 5.06. The van der Waals surface area contributed by atoms with Crippen molar-refractivity contribution in [2.45, 2.75) is 19.3 Å². The molecule has 21 heavy (non-hydrogen) atoms. The molecule has 2 aliphatic carbocycles. The van der Waals surface area contributed by atoms with Crippen LogP contribution in [-0.2, 0) is 0 Å². The van der Waals surface area contributed by atoms with Crippen LogP contribution in [0.1, 0.15) is 19.3 Å². The highest BCUT2D eigenvalue weighted by molar-refractivity contribution is 5.77. The monoisotopic (exact) mass is 282 g/mol. The maximum absolute atomic E-state index is 11.2. The van der Waals surface area contributed by atoms with Crippen LogP contribution in [0.3, 0.4) is 0 Å². The summed E-state index contributed by atoms with van der Waals surface area (Å²) in [7, 11) is 0. The third kappa shape index (κ3) is 2.48. The average Bonchev–Trinajstić information content (AvgIpc) is 3.09. The van der Waals surface area contributed by atoms with Crippen molar-refractivity contribution in [3.05, 3.63) is 52.9 Å². The van der Waals surface area contributed by atoms with Gasteiger partial charge in [-0.3, -0.25) is 0 Å². The fourth-order valence-corrected chi connectivity index (χ4v) is 3.69. The van der Waals surface area contributed by atoms with Crippen LogP contribution in [0.5, 0.6) is 5.75 Å². The summed E-state index contributed by atoms with van der Waals surface area (Å²) in [4.78, 5) is 11.2. The molecule has 2 bridgehead atoms. The molecule has 3 atom stereocenters. The lowest BCUT2D eigenvalue weighted by Crippen LogP contribution is -2.11. The predicted molar refractivity (Wildman–Crippen MR) is 81.4 cm³/mol. The van der Waals surface area contributed by atoms with Crippen molar-refractivity contribution in [1.29, 1.82) is 0 Å². The van der Waals surface area contributed by atoms with Crippen molar-refractivity contribution in [2.75, 3.05) is 6.61 Å². The Balaban J connectivity index is 1.40. The molecule has 2 aliphatic rings. The molecular weight excluding hydrogens is 264 g/mol. The minimum atomic E-state index is -0.326. The molecule has 0 aliphatic heterocycles. The summed E-state index contributed by atoms with van der Waals surface area (Å²) >= 11 is 0. The van der Waals surface area contributed by atoms with Gasteiger partial charge in [-0.1, -0.05) is 12.2 Å².